The minimum atomic E-state index is -0.0330. The maximum atomic E-state index is 12.6. The molecule has 1 fully saturated rings. The van der Waals surface area contributed by atoms with E-state index in [1.807, 2.05) is 6.07 Å². The van der Waals surface area contributed by atoms with Gasteiger partial charge in [0.1, 0.15) is 0 Å². The number of fused-ring (bicyclic) bond motifs is 3. The van der Waals surface area contributed by atoms with Crippen LogP contribution in [0.3, 0.4) is 0 Å². The van der Waals surface area contributed by atoms with E-state index in [1.165, 1.54) is 13.5 Å². The summed E-state index contributed by atoms with van der Waals surface area (Å²) in [5.74, 6) is 0.799. The van der Waals surface area contributed by atoms with Crippen molar-refractivity contribution in [1.82, 2.24) is 0 Å². The summed E-state index contributed by atoms with van der Waals surface area (Å²) in [6.45, 7) is 6.81. The predicted molar refractivity (Wildman–Crippen MR) is 82.1 cm³/mol. The lowest BCUT2D eigenvalue weighted by Crippen LogP contribution is -2.49. The number of ketones is 1. The van der Waals surface area contributed by atoms with Crippen LogP contribution in [-0.2, 0) is 5.41 Å². The van der Waals surface area contributed by atoms with E-state index in [2.05, 4.69) is 20.8 Å². The Hall–Kier alpha value is -1.51. The van der Waals surface area contributed by atoms with E-state index in [0.29, 0.717) is 23.7 Å². The molecule has 3 heteroatoms. The summed E-state index contributed by atoms with van der Waals surface area (Å²) in [6, 6.07) is 3.77. The number of carbonyl (C=O) groups is 1. The number of phenols is 1. The van der Waals surface area contributed by atoms with Gasteiger partial charge in [-0.25, -0.2) is 0 Å². The molecule has 1 N–H and O–H groups in total. The highest BCUT2D eigenvalue weighted by atomic mass is 16.5. The van der Waals surface area contributed by atoms with E-state index in [4.69, 9.17) is 4.74 Å². The van der Waals surface area contributed by atoms with Crippen LogP contribution < -0.4 is 4.74 Å². The van der Waals surface area contributed by atoms with Gasteiger partial charge in [0.2, 0.25) is 0 Å². The molecule has 114 valence electrons. The molecule has 0 amide bonds. The molecule has 0 radical (unpaired) electrons. The summed E-state index contributed by atoms with van der Waals surface area (Å²) in [7, 11) is 1.52. The number of benzene rings is 1. The Morgan fingerprint density at radius 2 is 1.95 bits per heavy atom. The van der Waals surface area contributed by atoms with E-state index < -0.39 is 0 Å². The molecule has 2 atom stereocenters. The number of carbonyl (C=O) groups excluding carboxylic acids is 1. The molecular formula is C18H24O3. The molecule has 1 saturated carbocycles. The van der Waals surface area contributed by atoms with Gasteiger partial charge in [0.05, 0.1) is 12.7 Å². The van der Waals surface area contributed by atoms with Crippen LogP contribution in [0.2, 0.25) is 0 Å². The van der Waals surface area contributed by atoms with Crippen molar-refractivity contribution in [2.24, 2.45) is 11.3 Å². The lowest BCUT2D eigenvalue weighted by Gasteiger charge is -2.53. The van der Waals surface area contributed by atoms with Crippen molar-refractivity contribution in [3.63, 3.8) is 0 Å². The van der Waals surface area contributed by atoms with E-state index in [9.17, 15) is 9.90 Å². The van der Waals surface area contributed by atoms with E-state index >= 15 is 0 Å². The van der Waals surface area contributed by atoms with Crippen molar-refractivity contribution in [3.8, 4) is 11.5 Å². The molecule has 3 nitrogen and oxygen atoms in total. The fourth-order valence-corrected chi connectivity index (χ4v) is 4.73. The van der Waals surface area contributed by atoms with Gasteiger partial charge >= 0.3 is 0 Å². The Labute approximate surface area is 126 Å². The maximum absolute atomic E-state index is 12.6. The molecule has 0 saturated heterocycles. The normalized spacial score (nSPS) is 30.5. The molecule has 21 heavy (non-hydrogen) atoms. The van der Waals surface area contributed by atoms with Crippen LogP contribution in [0.4, 0.5) is 0 Å². The van der Waals surface area contributed by atoms with Crippen molar-refractivity contribution in [2.75, 3.05) is 7.11 Å². The molecule has 1 aromatic rings. The van der Waals surface area contributed by atoms with Crippen LogP contribution in [0, 0.1) is 11.3 Å². The van der Waals surface area contributed by atoms with Crippen LogP contribution in [0.15, 0.2) is 12.1 Å². The number of hydrogen-bond acceptors (Lipinski definition) is 3. The SMILES string of the molecule is COc1ccc2c(c1O)C(=O)CC1C(C)(C)CCC[C@]21C. The molecular weight excluding hydrogens is 264 g/mol. The molecule has 2 aliphatic carbocycles. The summed E-state index contributed by atoms with van der Waals surface area (Å²) < 4.78 is 5.17. The average Bonchev–Trinajstić information content (AvgIpc) is 2.41. The van der Waals surface area contributed by atoms with Gasteiger partial charge in [-0.15, -0.1) is 0 Å². The number of rotatable bonds is 1. The third-order valence-electron chi connectivity index (χ3n) is 5.87. The zero-order valence-corrected chi connectivity index (χ0v) is 13.3. The Balaban J connectivity index is 2.22. The second-order valence-corrected chi connectivity index (χ2v) is 7.48. The molecule has 3 rings (SSSR count). The lowest BCUT2D eigenvalue weighted by atomic mass is 9.50. The molecule has 0 spiro atoms. The van der Waals surface area contributed by atoms with Gasteiger partial charge in [0, 0.05) is 6.42 Å². The van der Waals surface area contributed by atoms with E-state index in [0.717, 1.165) is 18.4 Å². The van der Waals surface area contributed by atoms with E-state index in [1.54, 1.807) is 6.07 Å². The maximum Gasteiger partial charge on any atom is 0.168 e. The topological polar surface area (TPSA) is 46.5 Å². The standard InChI is InChI=1S/C18H24O3/c1-17(2)8-5-9-18(3)11-6-7-13(21-4)16(20)15(11)12(19)10-14(17)18/h6-7,14,20H,5,8-10H2,1-4H3/t14?,18-/m1/s1. The fourth-order valence-electron chi connectivity index (χ4n) is 4.73. The second-order valence-electron chi connectivity index (χ2n) is 7.48. The summed E-state index contributed by atoms with van der Waals surface area (Å²) in [6.07, 6.45) is 3.93. The van der Waals surface area contributed by atoms with Crippen molar-refractivity contribution >= 4 is 5.78 Å². The van der Waals surface area contributed by atoms with Crippen LogP contribution in [-0.4, -0.2) is 18.0 Å². The van der Waals surface area contributed by atoms with Crippen LogP contribution in [0.25, 0.3) is 0 Å². The first kappa shape index (κ1) is 14.4. The van der Waals surface area contributed by atoms with Gasteiger partial charge in [0.25, 0.3) is 0 Å². The zero-order valence-electron chi connectivity index (χ0n) is 13.3. The van der Waals surface area contributed by atoms with Crippen molar-refractivity contribution in [3.05, 3.63) is 23.3 Å². The number of hydrogen-bond donors (Lipinski definition) is 1. The minimum Gasteiger partial charge on any atom is -0.504 e. The Morgan fingerprint density at radius 3 is 2.62 bits per heavy atom. The first-order valence-corrected chi connectivity index (χ1v) is 7.75. The van der Waals surface area contributed by atoms with Gasteiger partial charge in [-0.3, -0.25) is 4.79 Å². The third-order valence-corrected chi connectivity index (χ3v) is 5.87. The predicted octanol–water partition coefficient (Wildman–Crippen LogP) is 4.07. The highest BCUT2D eigenvalue weighted by Gasteiger charge is 2.52. The zero-order chi connectivity index (χ0) is 15.4. The molecule has 0 bridgehead atoms. The quantitative estimate of drug-likeness (QED) is 0.847. The Bertz CT molecular complexity index is 603. The minimum absolute atomic E-state index is 0.0167. The summed E-state index contributed by atoms with van der Waals surface area (Å²) in [5.41, 5.74) is 1.63. The number of methoxy groups -OCH3 is 1. The van der Waals surface area contributed by atoms with Gasteiger partial charge < -0.3 is 9.84 Å². The van der Waals surface area contributed by atoms with E-state index in [-0.39, 0.29) is 22.4 Å². The van der Waals surface area contributed by atoms with Crippen LogP contribution >= 0.6 is 0 Å². The van der Waals surface area contributed by atoms with Crippen LogP contribution in [0.5, 0.6) is 11.5 Å². The molecule has 0 heterocycles. The first-order chi connectivity index (χ1) is 9.81. The van der Waals surface area contributed by atoms with Crippen molar-refractivity contribution in [1.29, 1.82) is 0 Å². The Kier molecular flexibility index (Phi) is 3.09. The van der Waals surface area contributed by atoms with Gasteiger partial charge in [-0.05, 0) is 41.2 Å². The smallest absolute Gasteiger partial charge is 0.168 e. The average molecular weight is 288 g/mol. The largest absolute Gasteiger partial charge is 0.504 e. The molecule has 0 aromatic heterocycles. The highest BCUT2D eigenvalue weighted by molar-refractivity contribution is 6.02. The summed E-state index contributed by atoms with van der Waals surface area (Å²) in [4.78, 5) is 12.6. The molecule has 2 aliphatic rings. The van der Waals surface area contributed by atoms with Crippen molar-refractivity contribution in [2.45, 2.75) is 51.9 Å². The fraction of sp³-hybridized carbons (Fsp3) is 0.611. The molecule has 0 aliphatic heterocycles. The molecule has 1 aromatic carbocycles. The summed E-state index contributed by atoms with van der Waals surface area (Å²) >= 11 is 0. The Morgan fingerprint density at radius 1 is 1.24 bits per heavy atom. The van der Waals surface area contributed by atoms with Gasteiger partial charge in [-0.2, -0.15) is 0 Å². The number of phenolic OH excluding ortho intramolecular Hbond substituents is 1. The van der Waals surface area contributed by atoms with Gasteiger partial charge in [0.15, 0.2) is 17.3 Å². The second kappa shape index (κ2) is 4.49. The van der Waals surface area contributed by atoms with Crippen molar-refractivity contribution < 1.29 is 14.6 Å². The third kappa shape index (κ3) is 1.90. The summed E-state index contributed by atoms with van der Waals surface area (Å²) in [5, 5.41) is 10.4. The number of ether oxygens (including phenoxy) is 1. The highest BCUT2D eigenvalue weighted by Crippen LogP contribution is 2.58. The number of Topliss-reactive ketones (excluding diaryl/α,β-unsaturated/α-hetero) is 1. The lowest BCUT2D eigenvalue weighted by molar-refractivity contribution is 0.0364. The van der Waals surface area contributed by atoms with Gasteiger partial charge in [-0.1, -0.05) is 33.3 Å². The first-order valence-electron chi connectivity index (χ1n) is 7.75. The molecule has 1 unspecified atom stereocenters. The monoisotopic (exact) mass is 288 g/mol. The van der Waals surface area contributed by atoms with Crippen LogP contribution in [0.1, 0.15) is 62.4 Å². The number of aromatic hydroxyl groups is 1.